The van der Waals surface area contributed by atoms with E-state index in [0.29, 0.717) is 0 Å². The van der Waals surface area contributed by atoms with Crippen molar-refractivity contribution in [3.63, 3.8) is 0 Å². The molecule has 1 saturated heterocycles. The Morgan fingerprint density at radius 2 is 1.85 bits per heavy atom. The highest BCUT2D eigenvalue weighted by molar-refractivity contribution is 5.83. The van der Waals surface area contributed by atoms with Gasteiger partial charge in [0.05, 0.1) is 23.9 Å². The summed E-state index contributed by atoms with van der Waals surface area (Å²) in [6, 6.07) is 13.0. The number of benzene rings is 2. The van der Waals surface area contributed by atoms with Gasteiger partial charge in [-0.1, -0.05) is 0 Å². The molecule has 1 fully saturated rings. The zero-order valence-electron chi connectivity index (χ0n) is 15.9. The smallest absolute Gasteiger partial charge is 0.0726 e. The lowest BCUT2D eigenvalue weighted by Crippen LogP contribution is -2.45. The topological polar surface area (TPSA) is 42.3 Å². The lowest BCUT2D eigenvalue weighted by atomic mass is 10.1. The molecule has 2 aromatic carbocycles. The second-order valence-corrected chi connectivity index (χ2v) is 7.33. The number of morpholine rings is 1. The molecule has 0 spiro atoms. The van der Waals surface area contributed by atoms with Crippen LogP contribution >= 0.6 is 0 Å². The van der Waals surface area contributed by atoms with Gasteiger partial charge in [-0.25, -0.2) is 0 Å². The van der Waals surface area contributed by atoms with E-state index in [1.807, 2.05) is 17.9 Å². The number of aromatic nitrogens is 2. The average molecular weight is 350 g/mol. The van der Waals surface area contributed by atoms with Gasteiger partial charge in [-0.05, 0) is 62.7 Å². The van der Waals surface area contributed by atoms with Crippen molar-refractivity contribution in [2.75, 3.05) is 23.3 Å². The zero-order chi connectivity index (χ0) is 18.3. The molecule has 2 heterocycles. The van der Waals surface area contributed by atoms with Crippen LogP contribution in [0.15, 0.2) is 42.6 Å². The Kier molecular flexibility index (Phi) is 4.32. The minimum absolute atomic E-state index is 0.266. The second kappa shape index (κ2) is 6.65. The van der Waals surface area contributed by atoms with Crippen molar-refractivity contribution in [3.05, 3.63) is 48.2 Å². The van der Waals surface area contributed by atoms with E-state index >= 15 is 0 Å². The number of hydrogen-bond acceptors (Lipinski definition) is 4. The number of aryl methyl sites for hydroxylation is 2. The Morgan fingerprint density at radius 1 is 1.08 bits per heavy atom. The molecule has 1 N–H and O–H groups in total. The SMILES string of the molecule is Cc1cc(N2C[C@@H](C)O[C@@H](C)C2)ccc1Nc1ccc2cnn(C)c2c1. The van der Waals surface area contributed by atoms with Crippen molar-refractivity contribution in [3.8, 4) is 0 Å². The van der Waals surface area contributed by atoms with Crippen LogP contribution in [0, 0.1) is 6.92 Å². The first kappa shape index (κ1) is 16.9. The van der Waals surface area contributed by atoms with E-state index in [-0.39, 0.29) is 12.2 Å². The molecule has 4 rings (SSSR count). The van der Waals surface area contributed by atoms with Gasteiger partial charge in [-0.3, -0.25) is 4.68 Å². The van der Waals surface area contributed by atoms with E-state index in [0.717, 1.165) is 35.4 Å². The van der Waals surface area contributed by atoms with E-state index in [9.17, 15) is 0 Å². The molecule has 1 aromatic heterocycles. The number of anilines is 3. The number of ether oxygens (including phenoxy) is 1. The molecular formula is C21H26N4O. The number of nitrogens with zero attached hydrogens (tertiary/aromatic N) is 3. The Morgan fingerprint density at radius 3 is 2.58 bits per heavy atom. The minimum atomic E-state index is 0.266. The summed E-state index contributed by atoms with van der Waals surface area (Å²) >= 11 is 0. The lowest BCUT2D eigenvalue weighted by molar-refractivity contribution is -0.00521. The van der Waals surface area contributed by atoms with Crippen molar-refractivity contribution in [1.29, 1.82) is 0 Å². The molecule has 1 aliphatic rings. The average Bonchev–Trinajstić information content (AvgIpc) is 2.97. The van der Waals surface area contributed by atoms with E-state index < -0.39 is 0 Å². The summed E-state index contributed by atoms with van der Waals surface area (Å²) in [7, 11) is 1.97. The number of rotatable bonds is 3. The highest BCUT2D eigenvalue weighted by Crippen LogP contribution is 2.28. The maximum atomic E-state index is 5.85. The van der Waals surface area contributed by atoms with Crippen molar-refractivity contribution >= 4 is 28.0 Å². The summed E-state index contributed by atoms with van der Waals surface area (Å²) < 4.78 is 7.75. The largest absolute Gasteiger partial charge is 0.372 e. The zero-order valence-corrected chi connectivity index (χ0v) is 15.9. The van der Waals surface area contributed by atoms with Gasteiger partial charge in [0.2, 0.25) is 0 Å². The summed E-state index contributed by atoms with van der Waals surface area (Å²) in [6.07, 6.45) is 2.42. The van der Waals surface area contributed by atoms with Gasteiger partial charge in [0.25, 0.3) is 0 Å². The summed E-state index contributed by atoms with van der Waals surface area (Å²) in [5.74, 6) is 0. The summed E-state index contributed by atoms with van der Waals surface area (Å²) in [5.41, 5.74) is 5.83. The fraction of sp³-hybridized carbons (Fsp3) is 0.381. The van der Waals surface area contributed by atoms with Crippen LogP contribution in [-0.2, 0) is 11.8 Å². The third-order valence-electron chi connectivity index (χ3n) is 5.02. The first-order valence-electron chi connectivity index (χ1n) is 9.19. The Labute approximate surface area is 154 Å². The van der Waals surface area contributed by atoms with Crippen molar-refractivity contribution in [2.24, 2.45) is 7.05 Å². The predicted molar refractivity (Wildman–Crippen MR) is 107 cm³/mol. The molecule has 1 aliphatic heterocycles. The van der Waals surface area contributed by atoms with Crippen LogP contribution in [0.4, 0.5) is 17.1 Å². The predicted octanol–water partition coefficient (Wildman–Crippen LogP) is 4.24. The monoisotopic (exact) mass is 350 g/mol. The van der Waals surface area contributed by atoms with Gasteiger partial charge in [-0.2, -0.15) is 5.10 Å². The van der Waals surface area contributed by atoms with Crippen molar-refractivity contribution in [2.45, 2.75) is 33.0 Å². The van der Waals surface area contributed by atoms with Gasteiger partial charge in [0.15, 0.2) is 0 Å². The van der Waals surface area contributed by atoms with Gasteiger partial charge < -0.3 is 15.0 Å². The van der Waals surface area contributed by atoms with Gasteiger partial charge >= 0.3 is 0 Å². The van der Waals surface area contributed by atoms with Crippen LogP contribution in [0.1, 0.15) is 19.4 Å². The third kappa shape index (κ3) is 3.27. The number of hydrogen-bond donors (Lipinski definition) is 1. The molecule has 3 aromatic rings. The van der Waals surface area contributed by atoms with Crippen LogP contribution in [-0.4, -0.2) is 35.1 Å². The number of nitrogens with one attached hydrogen (secondary N) is 1. The lowest BCUT2D eigenvalue weighted by Gasteiger charge is -2.37. The van der Waals surface area contributed by atoms with E-state index in [2.05, 4.69) is 72.5 Å². The summed E-state index contributed by atoms with van der Waals surface area (Å²) in [6.45, 7) is 8.31. The molecule has 0 saturated carbocycles. The summed E-state index contributed by atoms with van der Waals surface area (Å²) in [5, 5.41) is 9.01. The second-order valence-electron chi connectivity index (χ2n) is 7.33. The van der Waals surface area contributed by atoms with Crippen LogP contribution < -0.4 is 10.2 Å². The fourth-order valence-corrected chi connectivity index (χ4v) is 3.75. The molecular weight excluding hydrogens is 324 g/mol. The quantitative estimate of drug-likeness (QED) is 0.767. The Bertz CT molecular complexity index is 923. The van der Waals surface area contributed by atoms with E-state index in [1.54, 1.807) is 0 Å². The minimum Gasteiger partial charge on any atom is -0.372 e. The highest BCUT2D eigenvalue weighted by Gasteiger charge is 2.22. The maximum absolute atomic E-state index is 5.85. The van der Waals surface area contributed by atoms with Crippen LogP contribution in [0.5, 0.6) is 0 Å². The first-order valence-corrected chi connectivity index (χ1v) is 9.19. The molecule has 2 atom stereocenters. The summed E-state index contributed by atoms with van der Waals surface area (Å²) in [4.78, 5) is 2.41. The molecule has 0 radical (unpaired) electrons. The van der Waals surface area contributed by atoms with Crippen LogP contribution in [0.25, 0.3) is 10.9 Å². The standard InChI is InChI=1S/C21H26N4O/c1-14-9-19(25-12-15(2)26-16(3)13-25)7-8-20(14)23-18-6-5-17-11-22-24(4)21(17)10-18/h5-11,15-16,23H,12-13H2,1-4H3/t15-,16+. The van der Waals surface area contributed by atoms with Crippen LogP contribution in [0.2, 0.25) is 0 Å². The highest BCUT2D eigenvalue weighted by atomic mass is 16.5. The van der Waals surface area contributed by atoms with E-state index in [4.69, 9.17) is 4.74 Å². The molecule has 5 nitrogen and oxygen atoms in total. The number of fused-ring (bicyclic) bond motifs is 1. The van der Waals surface area contributed by atoms with Gasteiger partial charge in [-0.15, -0.1) is 0 Å². The molecule has 26 heavy (non-hydrogen) atoms. The van der Waals surface area contributed by atoms with Crippen LogP contribution in [0.3, 0.4) is 0 Å². The van der Waals surface area contributed by atoms with Crippen molar-refractivity contribution in [1.82, 2.24) is 9.78 Å². The van der Waals surface area contributed by atoms with Gasteiger partial charge in [0, 0.05) is 42.6 Å². The maximum Gasteiger partial charge on any atom is 0.0726 e. The fourth-order valence-electron chi connectivity index (χ4n) is 3.75. The molecule has 0 unspecified atom stereocenters. The molecule has 0 bridgehead atoms. The van der Waals surface area contributed by atoms with Crippen molar-refractivity contribution < 1.29 is 4.74 Å². The molecule has 5 heteroatoms. The van der Waals surface area contributed by atoms with E-state index in [1.165, 1.54) is 11.3 Å². The molecule has 136 valence electrons. The Balaban J connectivity index is 1.56. The third-order valence-corrected chi connectivity index (χ3v) is 5.02. The Hall–Kier alpha value is -2.53. The van der Waals surface area contributed by atoms with Gasteiger partial charge in [0.1, 0.15) is 0 Å². The molecule has 0 amide bonds. The normalized spacial score (nSPS) is 20.5. The molecule has 0 aliphatic carbocycles. The first-order chi connectivity index (χ1) is 12.5.